The van der Waals surface area contributed by atoms with Gasteiger partial charge in [0.15, 0.2) is 0 Å². The SMILES string of the molecule is Cc1cc(-c2ccc(Cl)cc2)c2c(N)c(C(=O)c3ccc(F)cc3)sc2n1. The maximum atomic E-state index is 13.2. The van der Waals surface area contributed by atoms with Gasteiger partial charge >= 0.3 is 0 Å². The van der Waals surface area contributed by atoms with E-state index in [1.165, 1.54) is 35.6 Å². The first kappa shape index (κ1) is 17.6. The molecule has 27 heavy (non-hydrogen) atoms. The number of nitrogens with zero attached hydrogens (tertiary/aromatic N) is 1. The van der Waals surface area contributed by atoms with Gasteiger partial charge in [0.2, 0.25) is 5.78 Å². The summed E-state index contributed by atoms with van der Waals surface area (Å²) in [5.41, 5.74) is 9.83. The molecule has 0 atom stereocenters. The van der Waals surface area contributed by atoms with Crippen LogP contribution in [0.15, 0.2) is 54.6 Å². The molecule has 0 aliphatic rings. The van der Waals surface area contributed by atoms with E-state index in [9.17, 15) is 9.18 Å². The summed E-state index contributed by atoms with van der Waals surface area (Å²) in [5, 5.41) is 1.39. The van der Waals surface area contributed by atoms with Gasteiger partial charge in [-0.2, -0.15) is 0 Å². The topological polar surface area (TPSA) is 56.0 Å². The molecule has 4 rings (SSSR count). The number of benzene rings is 2. The molecular weight excluding hydrogens is 383 g/mol. The van der Waals surface area contributed by atoms with Crippen molar-refractivity contribution in [2.24, 2.45) is 0 Å². The van der Waals surface area contributed by atoms with Crippen molar-refractivity contribution < 1.29 is 9.18 Å². The van der Waals surface area contributed by atoms with Crippen molar-refractivity contribution in [1.29, 1.82) is 0 Å². The number of nitrogen functional groups attached to an aromatic ring is 1. The zero-order chi connectivity index (χ0) is 19.1. The minimum Gasteiger partial charge on any atom is -0.397 e. The highest BCUT2D eigenvalue weighted by atomic mass is 35.5. The van der Waals surface area contributed by atoms with Gasteiger partial charge in [-0.25, -0.2) is 9.37 Å². The van der Waals surface area contributed by atoms with Crippen LogP contribution in [0.4, 0.5) is 10.1 Å². The Hall–Kier alpha value is -2.76. The van der Waals surface area contributed by atoms with E-state index in [4.69, 9.17) is 17.3 Å². The molecule has 0 aliphatic heterocycles. The maximum absolute atomic E-state index is 13.2. The van der Waals surface area contributed by atoms with Crippen LogP contribution >= 0.6 is 22.9 Å². The van der Waals surface area contributed by atoms with E-state index in [1.54, 1.807) is 0 Å². The molecule has 2 aromatic carbocycles. The minimum atomic E-state index is -0.391. The Morgan fingerprint density at radius 2 is 1.78 bits per heavy atom. The van der Waals surface area contributed by atoms with E-state index < -0.39 is 5.82 Å². The van der Waals surface area contributed by atoms with Gasteiger partial charge in [0.1, 0.15) is 15.5 Å². The second-order valence-electron chi connectivity index (χ2n) is 6.18. The van der Waals surface area contributed by atoms with E-state index in [-0.39, 0.29) is 5.78 Å². The quantitative estimate of drug-likeness (QED) is 0.440. The Balaban J connectivity index is 1.91. The summed E-state index contributed by atoms with van der Waals surface area (Å²) in [7, 11) is 0. The summed E-state index contributed by atoms with van der Waals surface area (Å²) in [6, 6.07) is 14.8. The summed E-state index contributed by atoms with van der Waals surface area (Å²) in [5.74, 6) is -0.631. The molecule has 0 amide bonds. The van der Waals surface area contributed by atoms with Gasteiger partial charge in [0, 0.05) is 21.7 Å². The third kappa shape index (κ3) is 3.20. The monoisotopic (exact) mass is 396 g/mol. The molecule has 0 aliphatic carbocycles. The highest BCUT2D eigenvalue weighted by Crippen LogP contribution is 2.40. The normalized spacial score (nSPS) is 11.1. The van der Waals surface area contributed by atoms with Crippen molar-refractivity contribution in [3.05, 3.63) is 81.6 Å². The Morgan fingerprint density at radius 1 is 1.11 bits per heavy atom. The van der Waals surface area contributed by atoms with Crippen molar-refractivity contribution in [3.63, 3.8) is 0 Å². The molecule has 134 valence electrons. The Bertz CT molecular complexity index is 1170. The second-order valence-corrected chi connectivity index (χ2v) is 7.61. The molecule has 6 heteroatoms. The zero-order valence-corrected chi connectivity index (χ0v) is 15.9. The summed E-state index contributed by atoms with van der Waals surface area (Å²) < 4.78 is 13.2. The van der Waals surface area contributed by atoms with E-state index in [0.29, 0.717) is 26.0 Å². The minimum absolute atomic E-state index is 0.241. The molecule has 0 radical (unpaired) electrons. The number of thiophene rings is 1. The summed E-state index contributed by atoms with van der Waals surface area (Å²) in [6.07, 6.45) is 0. The van der Waals surface area contributed by atoms with Crippen LogP contribution in [-0.2, 0) is 0 Å². The lowest BCUT2D eigenvalue weighted by atomic mass is 10.0. The van der Waals surface area contributed by atoms with Gasteiger partial charge < -0.3 is 5.73 Å². The van der Waals surface area contributed by atoms with Gasteiger partial charge in [-0.3, -0.25) is 4.79 Å². The highest BCUT2D eigenvalue weighted by Gasteiger charge is 2.21. The number of aryl methyl sites for hydroxylation is 1. The van der Waals surface area contributed by atoms with Gasteiger partial charge in [-0.15, -0.1) is 11.3 Å². The number of hydrogen-bond acceptors (Lipinski definition) is 4. The van der Waals surface area contributed by atoms with Crippen LogP contribution in [0.25, 0.3) is 21.3 Å². The van der Waals surface area contributed by atoms with Crippen LogP contribution in [0.5, 0.6) is 0 Å². The van der Waals surface area contributed by atoms with E-state index in [1.807, 2.05) is 37.3 Å². The zero-order valence-electron chi connectivity index (χ0n) is 14.3. The molecule has 0 fully saturated rings. The van der Waals surface area contributed by atoms with Crippen molar-refractivity contribution in [2.75, 3.05) is 5.73 Å². The number of nitrogens with two attached hydrogens (primary N) is 1. The number of aromatic nitrogens is 1. The largest absolute Gasteiger partial charge is 0.397 e. The van der Waals surface area contributed by atoms with Gasteiger partial charge in [-0.1, -0.05) is 23.7 Å². The van der Waals surface area contributed by atoms with Crippen molar-refractivity contribution in [3.8, 4) is 11.1 Å². The van der Waals surface area contributed by atoms with Crippen LogP contribution in [0.2, 0.25) is 5.02 Å². The predicted molar refractivity (Wildman–Crippen MR) is 109 cm³/mol. The van der Waals surface area contributed by atoms with Gasteiger partial charge in [0.05, 0.1) is 5.69 Å². The molecule has 3 nitrogen and oxygen atoms in total. The fraction of sp³-hybridized carbons (Fsp3) is 0.0476. The smallest absolute Gasteiger partial charge is 0.205 e. The van der Waals surface area contributed by atoms with Crippen LogP contribution in [0.3, 0.4) is 0 Å². The third-order valence-corrected chi connectivity index (χ3v) is 5.65. The highest BCUT2D eigenvalue weighted by molar-refractivity contribution is 7.21. The average Bonchev–Trinajstić information content (AvgIpc) is 2.98. The number of anilines is 1. The number of fused-ring (bicyclic) bond motifs is 1. The molecule has 0 bridgehead atoms. The van der Waals surface area contributed by atoms with E-state index in [2.05, 4.69) is 4.98 Å². The Kier molecular flexibility index (Phi) is 4.42. The molecule has 0 saturated heterocycles. The summed E-state index contributed by atoms with van der Waals surface area (Å²) in [6.45, 7) is 1.90. The molecule has 0 spiro atoms. The standard InChI is InChI=1S/C21H14ClFN2OS/c1-11-10-16(12-2-6-14(22)7-3-12)17-18(24)20(27-21(17)25-11)19(26)13-4-8-15(23)9-5-13/h2-10H,24H2,1H3. The number of carbonyl (C=O) groups excluding carboxylic acids is 1. The van der Waals surface area contributed by atoms with Crippen molar-refractivity contribution >= 4 is 44.6 Å². The molecular formula is C21H14ClFN2OS. The van der Waals surface area contributed by atoms with Crippen molar-refractivity contribution in [2.45, 2.75) is 6.92 Å². The van der Waals surface area contributed by atoms with Crippen LogP contribution < -0.4 is 5.73 Å². The van der Waals surface area contributed by atoms with Gasteiger partial charge in [-0.05, 0) is 60.5 Å². The maximum Gasteiger partial charge on any atom is 0.205 e. The first-order chi connectivity index (χ1) is 12.9. The summed E-state index contributed by atoms with van der Waals surface area (Å²) >= 11 is 7.25. The van der Waals surface area contributed by atoms with Crippen LogP contribution in [-0.4, -0.2) is 10.8 Å². The lowest BCUT2D eigenvalue weighted by Gasteiger charge is -2.07. The molecule has 0 unspecified atom stereocenters. The first-order valence-electron chi connectivity index (χ1n) is 8.20. The summed E-state index contributed by atoms with van der Waals surface area (Å²) in [4.78, 5) is 18.5. The lowest BCUT2D eigenvalue weighted by Crippen LogP contribution is -2.02. The van der Waals surface area contributed by atoms with Crippen molar-refractivity contribution in [1.82, 2.24) is 4.98 Å². The number of carbonyl (C=O) groups is 1. The fourth-order valence-electron chi connectivity index (χ4n) is 3.00. The predicted octanol–water partition coefficient (Wildman–Crippen LogP) is 5.88. The Labute approximate surface area is 164 Å². The number of hydrogen-bond donors (Lipinski definition) is 1. The van der Waals surface area contributed by atoms with Crippen LogP contribution in [0, 0.1) is 12.7 Å². The molecule has 2 aromatic heterocycles. The average molecular weight is 397 g/mol. The van der Waals surface area contributed by atoms with E-state index >= 15 is 0 Å². The number of pyridine rings is 1. The second kappa shape index (κ2) is 6.76. The third-order valence-electron chi connectivity index (χ3n) is 4.29. The molecule has 2 N–H and O–H groups in total. The Morgan fingerprint density at radius 3 is 2.44 bits per heavy atom. The molecule has 2 heterocycles. The molecule has 0 saturated carbocycles. The fourth-order valence-corrected chi connectivity index (χ4v) is 4.26. The van der Waals surface area contributed by atoms with E-state index in [0.717, 1.165) is 22.2 Å². The number of rotatable bonds is 3. The number of ketones is 1. The molecule has 4 aromatic rings. The van der Waals surface area contributed by atoms with Crippen LogP contribution in [0.1, 0.15) is 20.9 Å². The number of halogens is 2. The first-order valence-corrected chi connectivity index (χ1v) is 9.39. The van der Waals surface area contributed by atoms with Gasteiger partial charge in [0.25, 0.3) is 0 Å². The lowest BCUT2D eigenvalue weighted by molar-refractivity contribution is 0.104.